The molecule has 4 rings (SSSR count). The zero-order chi connectivity index (χ0) is 11.2. The van der Waals surface area contributed by atoms with E-state index in [1.54, 1.807) is 6.07 Å². The summed E-state index contributed by atoms with van der Waals surface area (Å²) in [5.74, 6) is -0.0936. The largest absolute Gasteiger partial charge is 0.353 e. The summed E-state index contributed by atoms with van der Waals surface area (Å²) in [4.78, 5) is 0. The molecule has 0 amide bonds. The Balaban J connectivity index is 1.95. The first-order chi connectivity index (χ1) is 7.62. The second-order valence-electron chi connectivity index (χ2n) is 5.79. The summed E-state index contributed by atoms with van der Waals surface area (Å²) in [7, 11) is 0. The van der Waals surface area contributed by atoms with Crippen LogP contribution >= 0.6 is 0 Å². The van der Waals surface area contributed by atoms with Gasteiger partial charge in [0.2, 0.25) is 0 Å². The maximum absolute atomic E-state index is 13.3. The minimum Gasteiger partial charge on any atom is -0.353 e. The highest BCUT2D eigenvalue weighted by Crippen LogP contribution is 2.51. The molecule has 1 aromatic rings. The average Bonchev–Trinajstić information content (AvgIpc) is 2.30. The van der Waals surface area contributed by atoms with Crippen LogP contribution in [0.2, 0.25) is 0 Å². The van der Waals surface area contributed by atoms with Gasteiger partial charge in [0.15, 0.2) is 0 Å². The molecule has 0 spiro atoms. The third-order valence-electron chi connectivity index (χ3n) is 4.84. The molecular formula is C14H19FN+. The smallest absolute Gasteiger partial charge is 0.123 e. The minimum atomic E-state index is -0.0936. The lowest BCUT2D eigenvalue weighted by molar-refractivity contribution is -0.495. The molecule has 3 aliphatic carbocycles. The summed E-state index contributed by atoms with van der Waals surface area (Å²) in [6.45, 7) is 0. The van der Waals surface area contributed by atoms with Gasteiger partial charge < -0.3 is 5.73 Å². The van der Waals surface area contributed by atoms with Crippen molar-refractivity contribution in [2.24, 2.45) is 0 Å². The molecule has 1 nitrogen and oxygen atoms in total. The number of hydrogen-bond acceptors (Lipinski definition) is 0. The van der Waals surface area contributed by atoms with E-state index >= 15 is 0 Å². The Hall–Kier alpha value is -0.890. The highest BCUT2D eigenvalue weighted by atomic mass is 19.1. The van der Waals surface area contributed by atoms with Crippen LogP contribution in [0.5, 0.6) is 0 Å². The van der Waals surface area contributed by atoms with Crippen molar-refractivity contribution in [1.82, 2.24) is 0 Å². The molecule has 16 heavy (non-hydrogen) atoms. The van der Waals surface area contributed by atoms with Crippen LogP contribution in [0.3, 0.4) is 0 Å². The molecule has 0 aliphatic heterocycles. The Bertz CT molecular complexity index is 388. The lowest BCUT2D eigenvalue weighted by Gasteiger charge is -2.50. The average molecular weight is 220 g/mol. The van der Waals surface area contributed by atoms with E-state index in [1.807, 2.05) is 6.07 Å². The molecule has 0 atom stereocenters. The van der Waals surface area contributed by atoms with E-state index in [9.17, 15) is 4.39 Å². The zero-order valence-corrected chi connectivity index (χ0v) is 9.64. The van der Waals surface area contributed by atoms with Crippen molar-refractivity contribution in [3.8, 4) is 0 Å². The maximum Gasteiger partial charge on any atom is 0.123 e. The van der Waals surface area contributed by atoms with Crippen LogP contribution in [-0.2, 0) is 5.41 Å². The minimum absolute atomic E-state index is 0.0936. The Labute approximate surface area is 95.8 Å². The van der Waals surface area contributed by atoms with E-state index in [0.717, 1.165) is 0 Å². The standard InChI is InChI=1S/C14H18FN/c15-12-3-1-2-11(10-12)13-4-7-14(16,8-5-13)9-6-13/h1-3,10H,4-9,16H2/p+1. The van der Waals surface area contributed by atoms with Crippen LogP contribution < -0.4 is 5.73 Å². The van der Waals surface area contributed by atoms with Crippen LogP contribution in [0.25, 0.3) is 0 Å². The number of benzene rings is 1. The van der Waals surface area contributed by atoms with Crippen molar-refractivity contribution in [3.05, 3.63) is 35.6 Å². The fourth-order valence-electron chi connectivity index (χ4n) is 3.51. The van der Waals surface area contributed by atoms with Crippen molar-refractivity contribution in [3.63, 3.8) is 0 Å². The Morgan fingerprint density at radius 1 is 1.00 bits per heavy atom. The van der Waals surface area contributed by atoms with E-state index in [4.69, 9.17) is 0 Å². The van der Waals surface area contributed by atoms with E-state index in [1.165, 1.54) is 50.2 Å². The lowest BCUT2D eigenvalue weighted by Crippen LogP contribution is -2.76. The molecule has 2 bridgehead atoms. The van der Waals surface area contributed by atoms with Gasteiger partial charge in [0.25, 0.3) is 0 Å². The van der Waals surface area contributed by atoms with Crippen molar-refractivity contribution < 1.29 is 10.1 Å². The Morgan fingerprint density at radius 2 is 1.62 bits per heavy atom. The molecule has 3 aliphatic rings. The summed E-state index contributed by atoms with van der Waals surface area (Å²) < 4.78 is 13.3. The van der Waals surface area contributed by atoms with Crippen molar-refractivity contribution in [2.75, 3.05) is 0 Å². The summed E-state index contributed by atoms with van der Waals surface area (Å²) in [6, 6.07) is 7.23. The SMILES string of the molecule is [NH3+]C12CCC(c3cccc(F)c3)(CC1)CC2. The zero-order valence-electron chi connectivity index (χ0n) is 9.64. The molecule has 3 N–H and O–H groups in total. The second kappa shape index (κ2) is 3.30. The molecule has 0 unspecified atom stereocenters. The lowest BCUT2D eigenvalue weighted by atomic mass is 9.55. The van der Waals surface area contributed by atoms with E-state index in [2.05, 4.69) is 11.8 Å². The monoisotopic (exact) mass is 220 g/mol. The number of rotatable bonds is 1. The van der Waals surface area contributed by atoms with E-state index < -0.39 is 0 Å². The van der Waals surface area contributed by atoms with Gasteiger partial charge in [-0.3, -0.25) is 0 Å². The van der Waals surface area contributed by atoms with Crippen LogP contribution in [0.4, 0.5) is 4.39 Å². The molecule has 0 heterocycles. The first-order valence-corrected chi connectivity index (χ1v) is 6.24. The number of quaternary nitrogens is 1. The highest BCUT2D eigenvalue weighted by Gasteiger charge is 2.49. The number of hydrogen-bond donors (Lipinski definition) is 1. The van der Waals surface area contributed by atoms with E-state index in [-0.39, 0.29) is 11.2 Å². The molecule has 86 valence electrons. The number of halogens is 1. The third-order valence-corrected chi connectivity index (χ3v) is 4.84. The van der Waals surface area contributed by atoms with Gasteiger partial charge in [-0.25, -0.2) is 4.39 Å². The summed E-state index contributed by atoms with van der Waals surface area (Å²) in [5.41, 5.74) is 6.18. The van der Waals surface area contributed by atoms with Crippen molar-refractivity contribution in [1.29, 1.82) is 0 Å². The second-order valence-corrected chi connectivity index (χ2v) is 5.79. The van der Waals surface area contributed by atoms with Gasteiger partial charge in [-0.05, 0) is 42.4 Å². The van der Waals surface area contributed by atoms with Crippen LogP contribution in [0.15, 0.2) is 24.3 Å². The third kappa shape index (κ3) is 1.47. The van der Waals surface area contributed by atoms with E-state index in [0.29, 0.717) is 5.54 Å². The van der Waals surface area contributed by atoms with Gasteiger partial charge in [0, 0.05) is 19.3 Å². The normalized spacial score (nSPS) is 37.6. The van der Waals surface area contributed by atoms with Gasteiger partial charge in [0.05, 0.1) is 5.54 Å². The van der Waals surface area contributed by atoms with Gasteiger partial charge in [-0.15, -0.1) is 0 Å². The van der Waals surface area contributed by atoms with Crippen molar-refractivity contribution in [2.45, 2.75) is 49.5 Å². The predicted molar refractivity (Wildman–Crippen MR) is 61.4 cm³/mol. The maximum atomic E-state index is 13.3. The van der Waals surface area contributed by atoms with Crippen molar-refractivity contribution >= 4 is 0 Å². The van der Waals surface area contributed by atoms with Crippen LogP contribution in [-0.4, -0.2) is 5.54 Å². The Kier molecular flexibility index (Phi) is 2.12. The fraction of sp³-hybridized carbons (Fsp3) is 0.571. The topological polar surface area (TPSA) is 27.6 Å². The quantitative estimate of drug-likeness (QED) is 0.752. The van der Waals surface area contributed by atoms with Crippen LogP contribution in [0, 0.1) is 5.82 Å². The van der Waals surface area contributed by atoms with Gasteiger partial charge in [0.1, 0.15) is 5.82 Å². The highest BCUT2D eigenvalue weighted by molar-refractivity contribution is 5.29. The fourth-order valence-corrected chi connectivity index (χ4v) is 3.51. The van der Waals surface area contributed by atoms with Gasteiger partial charge >= 0.3 is 0 Å². The first-order valence-electron chi connectivity index (χ1n) is 6.24. The molecule has 0 saturated heterocycles. The summed E-state index contributed by atoms with van der Waals surface area (Å²) in [6.07, 6.45) is 7.22. The molecule has 3 saturated carbocycles. The molecule has 3 fully saturated rings. The molecule has 2 heteroatoms. The van der Waals surface area contributed by atoms with Gasteiger partial charge in [-0.2, -0.15) is 0 Å². The predicted octanol–water partition coefficient (Wildman–Crippen LogP) is 2.41. The molecule has 0 aromatic heterocycles. The number of fused-ring (bicyclic) bond motifs is 3. The summed E-state index contributed by atoms with van der Waals surface area (Å²) in [5, 5.41) is 0. The molecule has 1 aromatic carbocycles. The summed E-state index contributed by atoms with van der Waals surface area (Å²) >= 11 is 0. The molecule has 0 radical (unpaired) electrons. The van der Waals surface area contributed by atoms with Gasteiger partial charge in [-0.1, -0.05) is 12.1 Å². The van der Waals surface area contributed by atoms with Crippen LogP contribution in [0.1, 0.15) is 44.1 Å². The molecular weight excluding hydrogens is 201 g/mol. The first kappa shape index (κ1) is 10.3. The Morgan fingerprint density at radius 3 is 2.19 bits per heavy atom.